The van der Waals surface area contributed by atoms with Crippen LogP contribution < -0.4 is 0 Å². The fourth-order valence-corrected chi connectivity index (χ4v) is 8.01. The van der Waals surface area contributed by atoms with E-state index in [1.807, 2.05) is 88.4 Å². The van der Waals surface area contributed by atoms with E-state index in [2.05, 4.69) is 93.7 Å². The maximum atomic E-state index is 11.2. The Morgan fingerprint density at radius 2 is 0.767 bits per heavy atom. The summed E-state index contributed by atoms with van der Waals surface area (Å²) in [6, 6.07) is 41.6. The topological polar surface area (TPSA) is 244 Å². The Morgan fingerprint density at radius 3 is 1.00 bits per heavy atom. The summed E-state index contributed by atoms with van der Waals surface area (Å²) in [5.41, 5.74) is 8.68. The molecule has 17 heteroatoms. The molecule has 0 aliphatic heterocycles. The van der Waals surface area contributed by atoms with Crippen LogP contribution in [0, 0.1) is 142 Å². The molecule has 0 bridgehead atoms. The summed E-state index contributed by atoms with van der Waals surface area (Å²) in [5.74, 6) is 1.22. The third-order valence-electron chi connectivity index (χ3n) is 13.1. The molecule has 1 aliphatic rings. The summed E-state index contributed by atoms with van der Waals surface area (Å²) in [6.45, 7) is 20.6. The van der Waals surface area contributed by atoms with Crippen LogP contribution in [0.3, 0.4) is 0 Å². The first-order valence-corrected chi connectivity index (χ1v) is 28.3. The largest absolute Gasteiger partial charge is 0.481 e. The van der Waals surface area contributed by atoms with Gasteiger partial charge in [-0.15, -0.1) is 0 Å². The summed E-state index contributed by atoms with van der Waals surface area (Å²) >= 11 is 4.50. The summed E-state index contributed by atoms with van der Waals surface area (Å²) in [4.78, 5) is 87.4. The summed E-state index contributed by atoms with van der Waals surface area (Å²) in [5, 5.41) is 16.0. The average molecular weight is 1930 g/mol. The average Bonchev–Trinajstić information content (AvgIpc) is 4.21. The van der Waals surface area contributed by atoms with E-state index >= 15 is 0 Å². The number of allylic oxidation sites excluding steroid dienone is 1. The molecule has 5 aromatic carbocycles. The van der Waals surface area contributed by atoms with E-state index in [1.165, 1.54) is 37.7 Å². The smallest absolute Gasteiger partial charge is 0.306 e. The number of hydrogen-bond acceptors (Lipinski definition) is 9. The molecule has 0 amide bonds. The molecule has 0 heterocycles. The van der Waals surface area contributed by atoms with E-state index < -0.39 is 5.97 Å². The first kappa shape index (κ1) is 99.6. The summed E-state index contributed by atoms with van der Waals surface area (Å²) in [6.07, 6.45) is 8.93. The van der Waals surface area contributed by atoms with Crippen molar-refractivity contribution in [2.24, 2.45) is 35.5 Å². The van der Waals surface area contributed by atoms with Crippen molar-refractivity contribution >= 4 is 98.2 Å². The molecule has 2 unspecified atom stereocenters. The maximum Gasteiger partial charge on any atom is 0.306 e. The van der Waals surface area contributed by atoms with Crippen LogP contribution in [0.15, 0.2) is 127 Å². The molecule has 5 aromatic rings. The van der Waals surface area contributed by atoms with Crippen molar-refractivity contribution in [1.82, 2.24) is 0 Å². The number of carbonyl (C=O) groups is 8. The SMILES string of the molecule is C.C.C.CC#N.CC(=O)/C=C/c1ccc(C[C@H](C)C(C)=O)cc1.CC(=O)C1CC1c1ccc(C[C@H](C)C(C)=O)cc1.CC(=O)[C@@H](C)Cc1ccc(C=O)cc1.CC(=O)[C@@H](C)Cc1ccc(I)cc1.C[C@@H](Cc1ccc(I)cc1)C(=O)O.O.O.[Ac].[Ac].[Pd]. The number of benzene rings is 5. The zero-order valence-corrected chi connectivity index (χ0v) is 65.3. The number of hydrogen-bond donors (Lipinski definition) is 1. The van der Waals surface area contributed by atoms with Crippen molar-refractivity contribution < 1.29 is 163 Å². The van der Waals surface area contributed by atoms with Crippen molar-refractivity contribution in [1.29, 1.82) is 5.26 Å². The van der Waals surface area contributed by atoms with Crippen LogP contribution in [0.4, 0.5) is 0 Å². The van der Waals surface area contributed by atoms with Gasteiger partial charge in [-0.05, 0) is 200 Å². The van der Waals surface area contributed by atoms with E-state index in [4.69, 9.17) is 10.4 Å². The number of carboxylic acids is 1. The van der Waals surface area contributed by atoms with Crippen molar-refractivity contribution in [2.45, 2.75) is 150 Å². The van der Waals surface area contributed by atoms with Gasteiger partial charge < -0.3 is 16.1 Å². The molecule has 1 aliphatic carbocycles. The third-order valence-corrected chi connectivity index (χ3v) is 14.5. The number of carbonyl (C=O) groups excluding carboxylic acids is 7. The van der Waals surface area contributed by atoms with Crippen LogP contribution in [0.2, 0.25) is 0 Å². The first-order valence-electron chi connectivity index (χ1n) is 26.2. The first-order chi connectivity index (χ1) is 36.7. The number of nitrogens with zero attached hydrogens (tertiary/aromatic N) is 1. The second-order valence-corrected chi connectivity index (χ2v) is 22.6. The van der Waals surface area contributed by atoms with Gasteiger partial charge in [0.2, 0.25) is 0 Å². The van der Waals surface area contributed by atoms with Crippen LogP contribution in [0.5, 0.6) is 0 Å². The number of aldehydes is 1. The van der Waals surface area contributed by atoms with Gasteiger partial charge in [0.05, 0.1) is 12.0 Å². The molecule has 1 fully saturated rings. The minimum absolute atomic E-state index is 0. The number of ketones is 6. The normalized spacial score (nSPS) is 13.3. The number of carboxylic acid groups (broad SMARTS) is 1. The number of rotatable bonds is 20. The molecule has 12 nitrogen and oxygen atoms in total. The van der Waals surface area contributed by atoms with Crippen LogP contribution >= 0.6 is 45.2 Å². The van der Waals surface area contributed by atoms with E-state index in [1.54, 1.807) is 71.9 Å². The molecule has 1 saturated carbocycles. The van der Waals surface area contributed by atoms with Gasteiger partial charge in [-0.3, -0.25) is 38.4 Å². The van der Waals surface area contributed by atoms with Crippen LogP contribution in [0.25, 0.3) is 6.08 Å². The van der Waals surface area contributed by atoms with Gasteiger partial charge in [0.25, 0.3) is 0 Å². The molecule has 0 aromatic heterocycles. The molecule has 0 spiro atoms. The van der Waals surface area contributed by atoms with Gasteiger partial charge in [-0.1, -0.05) is 160 Å². The maximum absolute atomic E-state index is 11.2. The van der Waals surface area contributed by atoms with Crippen LogP contribution in [-0.4, -0.2) is 63.0 Å². The second-order valence-electron chi connectivity index (χ2n) is 20.1. The predicted molar refractivity (Wildman–Crippen MR) is 358 cm³/mol. The van der Waals surface area contributed by atoms with Crippen LogP contribution in [0.1, 0.15) is 167 Å². The Kier molecular flexibility index (Phi) is 64.0. The second kappa shape index (κ2) is 55.3. The van der Waals surface area contributed by atoms with E-state index in [9.17, 15) is 38.4 Å². The predicted octanol–water partition coefficient (Wildman–Crippen LogP) is 14.9. The van der Waals surface area contributed by atoms with Gasteiger partial charge in [0.1, 0.15) is 35.2 Å². The van der Waals surface area contributed by atoms with Crippen molar-refractivity contribution in [3.05, 3.63) is 179 Å². The van der Waals surface area contributed by atoms with Gasteiger partial charge in [0, 0.05) is 158 Å². The Balaban J connectivity index is -0.000000143. The Morgan fingerprint density at radius 1 is 0.512 bits per heavy atom. The molecule has 472 valence electrons. The van der Waals surface area contributed by atoms with E-state index in [-0.39, 0.29) is 206 Å². The Bertz CT molecular complexity index is 2720. The monoisotopic (exact) mass is 1930 g/mol. The zero-order chi connectivity index (χ0) is 59.1. The van der Waals surface area contributed by atoms with Crippen molar-refractivity contribution in [3.63, 3.8) is 0 Å². The van der Waals surface area contributed by atoms with Gasteiger partial charge >= 0.3 is 5.97 Å². The van der Waals surface area contributed by atoms with Crippen molar-refractivity contribution in [2.75, 3.05) is 0 Å². The van der Waals surface area contributed by atoms with Gasteiger partial charge in [-0.25, -0.2) is 0 Å². The Hall–Kier alpha value is -2.58. The molecule has 7 atom stereocenters. The number of Topliss-reactive ketones (excluding diaryl/α,β-unsaturated/α-hetero) is 5. The summed E-state index contributed by atoms with van der Waals surface area (Å²) < 4.78 is 2.40. The molecule has 0 saturated heterocycles. The fourth-order valence-electron chi connectivity index (χ4n) is 7.30. The standard InChI is InChI=1S/C16H20O2.C15H18O2.C12H14O2.C11H13IO.C10H11IO2.C2H3N.3CH4.2Ac.2H2O.Pd/c1-10(11(2)17)8-13-4-6-14(7-5-13)16-9-15(16)12(3)18;1-11(13(3)17)10-15-8-6-14(7-9-15)5-4-12(2)16;1-9(10(2)14)7-11-3-5-12(8-13)6-4-11;1-8(9(2)13)7-10-3-5-11(12)6-4-10;1-7(10(12)13)6-8-2-4-9(11)5-3-8;1-2-3;;;;;;;;/h4-7,10,15-16H,8-9H2,1-3H3;4-9,11H,10H2,1-3H3;3-6,8-9H,7H2,1-2H3;3-6,8H,7H2,1-2H3;2-5,7H,6H2,1H3,(H,12,13);1H3;3*1H4;;;2*1H2;/b;5-4+;;;;;;;;;;;;/t10-,15?,16?;11-;9-;8-;7-;;;;;;;;;/m00000........./s1. The quantitative estimate of drug-likeness (QED) is 0.0334. The molecule has 6 rings (SSSR count). The molecule has 5 N–H and O–H groups in total. The number of nitriles is 1. The minimum atomic E-state index is -0.737. The number of halogens is 2. The summed E-state index contributed by atoms with van der Waals surface area (Å²) in [7, 11) is 0. The molecule has 2 radical (unpaired) electrons. The number of aliphatic carboxylic acids is 1. The minimum Gasteiger partial charge on any atom is -0.481 e. The van der Waals surface area contributed by atoms with E-state index in [0.717, 1.165) is 60.6 Å². The molecule has 86 heavy (non-hydrogen) atoms. The fraction of sp³-hybridized carbons (Fsp3) is 0.406. The molecular formula is C69H95Ac2I2NO11Pd. The van der Waals surface area contributed by atoms with Crippen LogP contribution in [-0.2, 0) is 86.1 Å². The Labute approximate surface area is 628 Å². The van der Waals surface area contributed by atoms with E-state index in [0.29, 0.717) is 23.7 Å². The van der Waals surface area contributed by atoms with Gasteiger partial charge in [-0.2, -0.15) is 5.26 Å². The third kappa shape index (κ3) is 44.8. The van der Waals surface area contributed by atoms with Gasteiger partial charge in [0.15, 0.2) is 5.78 Å². The zero-order valence-electron chi connectivity index (χ0n) is 50.0. The molecular weight excluding hydrogens is 1830 g/mol. The van der Waals surface area contributed by atoms with Crippen molar-refractivity contribution in [3.8, 4) is 6.07 Å².